The smallest absolute Gasteiger partial charge is 0.276 e. The van der Waals surface area contributed by atoms with Gasteiger partial charge in [0.1, 0.15) is 5.69 Å². The molecule has 1 aromatic carbocycles. The van der Waals surface area contributed by atoms with Gasteiger partial charge in [-0.05, 0) is 43.5 Å². The second kappa shape index (κ2) is 8.49. The zero-order valence-electron chi connectivity index (χ0n) is 17.9. The largest absolute Gasteiger partial charge is 0.356 e. The Morgan fingerprint density at radius 2 is 2.00 bits per heavy atom. The lowest BCUT2D eigenvalue weighted by Gasteiger charge is -2.26. The van der Waals surface area contributed by atoms with Crippen LogP contribution in [0, 0.1) is 0 Å². The summed E-state index contributed by atoms with van der Waals surface area (Å²) in [6.45, 7) is 4.54. The van der Waals surface area contributed by atoms with Crippen molar-refractivity contribution in [3.05, 3.63) is 60.0 Å². The summed E-state index contributed by atoms with van der Waals surface area (Å²) in [7, 11) is 0. The molecule has 0 unspecified atom stereocenters. The first kappa shape index (κ1) is 19.7. The van der Waals surface area contributed by atoms with Crippen LogP contribution in [-0.2, 0) is 11.8 Å². The number of aliphatic imine (C=N–C) groups is 1. The lowest BCUT2D eigenvalue weighted by atomic mass is 9.81. The predicted octanol–water partition coefficient (Wildman–Crippen LogP) is 3.97. The summed E-state index contributed by atoms with van der Waals surface area (Å²) < 4.78 is 5.37. The van der Waals surface area contributed by atoms with E-state index in [0.717, 1.165) is 19.0 Å². The molecular formula is C24H28N6O. The Balaban J connectivity index is 1.33. The molecule has 0 saturated heterocycles. The number of anilines is 1. The van der Waals surface area contributed by atoms with E-state index in [1.54, 1.807) is 6.20 Å². The Bertz CT molecular complexity index is 1050. The summed E-state index contributed by atoms with van der Waals surface area (Å²) in [6.07, 6.45) is 7.49. The number of hydrogen-bond acceptors (Lipinski definition) is 5. The highest BCUT2D eigenvalue weighted by Gasteiger charge is 2.45. The first-order valence-corrected chi connectivity index (χ1v) is 11.2. The molecule has 7 nitrogen and oxygen atoms in total. The van der Waals surface area contributed by atoms with Crippen LogP contribution in [0.25, 0.3) is 11.6 Å². The van der Waals surface area contributed by atoms with Crippen molar-refractivity contribution < 1.29 is 4.52 Å². The highest BCUT2D eigenvalue weighted by Crippen LogP contribution is 2.50. The quantitative estimate of drug-likeness (QED) is 0.501. The first-order chi connectivity index (χ1) is 15.3. The van der Waals surface area contributed by atoms with Crippen molar-refractivity contribution >= 4 is 11.6 Å². The van der Waals surface area contributed by atoms with E-state index in [2.05, 4.69) is 56.5 Å². The second-order valence-electron chi connectivity index (χ2n) is 8.31. The molecule has 1 saturated carbocycles. The van der Waals surface area contributed by atoms with Crippen LogP contribution in [0.1, 0.15) is 44.0 Å². The van der Waals surface area contributed by atoms with Crippen LogP contribution in [0.15, 0.2) is 58.2 Å². The van der Waals surface area contributed by atoms with Gasteiger partial charge in [-0.2, -0.15) is 4.98 Å². The van der Waals surface area contributed by atoms with E-state index in [4.69, 9.17) is 9.52 Å². The van der Waals surface area contributed by atoms with Gasteiger partial charge in [-0.25, -0.2) is 0 Å². The standard InChI is InChI=1S/C24H28N6O/c1-2-25-23(27-16-12-21-28-22(31-29-21)19-10-5-8-15-26-19)30-17-24(13-6-7-14-24)18-9-3-4-11-20(18)30/h3-5,8-11,15H,2,6-7,12-14,16-17H2,1H3,(H,25,27). The fourth-order valence-electron chi connectivity index (χ4n) is 4.90. The topological polar surface area (TPSA) is 79.4 Å². The molecule has 31 heavy (non-hydrogen) atoms. The number of pyridine rings is 1. The Morgan fingerprint density at radius 3 is 2.81 bits per heavy atom. The van der Waals surface area contributed by atoms with Crippen molar-refractivity contribution in [3.63, 3.8) is 0 Å². The maximum atomic E-state index is 5.37. The monoisotopic (exact) mass is 416 g/mol. The van der Waals surface area contributed by atoms with Crippen LogP contribution in [0.2, 0.25) is 0 Å². The highest BCUT2D eigenvalue weighted by atomic mass is 16.5. The summed E-state index contributed by atoms with van der Waals surface area (Å²) >= 11 is 0. The Kier molecular flexibility index (Phi) is 5.40. The van der Waals surface area contributed by atoms with Crippen LogP contribution in [0.5, 0.6) is 0 Å². The average Bonchev–Trinajstić information content (AvgIpc) is 3.55. The summed E-state index contributed by atoms with van der Waals surface area (Å²) in [5, 5.41) is 7.59. The van der Waals surface area contributed by atoms with Crippen molar-refractivity contribution in [2.45, 2.75) is 44.4 Å². The Morgan fingerprint density at radius 1 is 1.16 bits per heavy atom. The van der Waals surface area contributed by atoms with Crippen molar-refractivity contribution in [3.8, 4) is 11.6 Å². The number of hydrogen-bond donors (Lipinski definition) is 1. The molecule has 2 aromatic heterocycles. The lowest BCUT2D eigenvalue weighted by molar-refractivity contribution is 0.421. The summed E-state index contributed by atoms with van der Waals surface area (Å²) in [6, 6.07) is 14.5. The second-order valence-corrected chi connectivity index (χ2v) is 8.31. The van der Waals surface area contributed by atoms with Crippen molar-refractivity contribution in [2.75, 3.05) is 24.5 Å². The van der Waals surface area contributed by atoms with Crippen LogP contribution in [-0.4, -0.2) is 40.7 Å². The molecule has 0 atom stereocenters. The number of rotatable bonds is 5. The number of nitrogens with one attached hydrogen (secondary N) is 1. The minimum Gasteiger partial charge on any atom is -0.356 e. The SMILES string of the molecule is CCNC(=NCCc1noc(-c2ccccn2)n1)N1CC2(CCCC2)c2ccccc21. The van der Waals surface area contributed by atoms with E-state index in [-0.39, 0.29) is 5.41 Å². The molecular weight excluding hydrogens is 388 g/mol. The molecule has 2 aliphatic rings. The van der Waals surface area contributed by atoms with Crippen molar-refractivity contribution in [1.29, 1.82) is 0 Å². The van der Waals surface area contributed by atoms with Gasteiger partial charge in [-0.15, -0.1) is 0 Å². The van der Waals surface area contributed by atoms with Crippen LogP contribution >= 0.6 is 0 Å². The molecule has 0 radical (unpaired) electrons. The van der Waals surface area contributed by atoms with E-state index in [1.807, 2.05) is 18.2 Å². The van der Waals surface area contributed by atoms with Gasteiger partial charge in [0.25, 0.3) is 5.89 Å². The van der Waals surface area contributed by atoms with E-state index >= 15 is 0 Å². The number of fused-ring (bicyclic) bond motifs is 2. The zero-order chi connectivity index (χ0) is 21.1. The number of aromatic nitrogens is 3. The molecule has 1 fully saturated rings. The minimum atomic E-state index is 0.276. The third kappa shape index (κ3) is 3.80. The number of nitrogens with zero attached hydrogens (tertiary/aromatic N) is 5. The molecule has 1 aliphatic heterocycles. The van der Waals surface area contributed by atoms with Gasteiger partial charge in [-0.1, -0.05) is 42.3 Å². The maximum Gasteiger partial charge on any atom is 0.276 e. The van der Waals surface area contributed by atoms with Crippen molar-refractivity contribution in [1.82, 2.24) is 20.4 Å². The third-order valence-electron chi connectivity index (χ3n) is 6.33. The molecule has 0 amide bonds. The molecule has 1 aliphatic carbocycles. The van der Waals surface area contributed by atoms with Gasteiger partial charge in [0.2, 0.25) is 0 Å². The normalized spacial score (nSPS) is 17.3. The summed E-state index contributed by atoms with van der Waals surface area (Å²) in [5.74, 6) is 2.03. The van der Waals surface area contributed by atoms with Gasteiger partial charge in [-0.3, -0.25) is 9.98 Å². The minimum absolute atomic E-state index is 0.276. The number of para-hydroxylation sites is 1. The highest BCUT2D eigenvalue weighted by molar-refractivity contribution is 5.98. The van der Waals surface area contributed by atoms with Crippen LogP contribution in [0.3, 0.4) is 0 Å². The summed E-state index contributed by atoms with van der Waals surface area (Å²) in [5.41, 5.74) is 3.74. The van der Waals surface area contributed by atoms with Gasteiger partial charge >= 0.3 is 0 Å². The Labute approximate surface area is 182 Å². The van der Waals surface area contributed by atoms with Crippen LogP contribution < -0.4 is 10.2 Å². The van der Waals surface area contributed by atoms with Gasteiger partial charge in [0, 0.05) is 43.4 Å². The fourth-order valence-corrected chi connectivity index (χ4v) is 4.90. The molecule has 5 rings (SSSR count). The molecule has 1 spiro atoms. The van der Waals surface area contributed by atoms with Gasteiger partial charge in [0.15, 0.2) is 11.8 Å². The van der Waals surface area contributed by atoms with E-state index < -0.39 is 0 Å². The van der Waals surface area contributed by atoms with Crippen LogP contribution in [0.4, 0.5) is 5.69 Å². The Hall–Kier alpha value is -3.22. The van der Waals surface area contributed by atoms with Gasteiger partial charge < -0.3 is 14.7 Å². The number of benzene rings is 1. The lowest BCUT2D eigenvalue weighted by Crippen LogP contribution is -2.43. The van der Waals surface area contributed by atoms with E-state index in [0.29, 0.717) is 30.4 Å². The molecule has 1 N–H and O–H groups in total. The third-order valence-corrected chi connectivity index (χ3v) is 6.33. The first-order valence-electron chi connectivity index (χ1n) is 11.2. The van der Waals surface area contributed by atoms with Crippen molar-refractivity contribution in [2.24, 2.45) is 4.99 Å². The fraction of sp³-hybridized carbons (Fsp3) is 0.417. The van der Waals surface area contributed by atoms with E-state index in [9.17, 15) is 0 Å². The molecule has 3 heterocycles. The molecule has 7 heteroatoms. The van der Waals surface area contributed by atoms with Gasteiger partial charge in [0.05, 0.1) is 0 Å². The maximum absolute atomic E-state index is 5.37. The molecule has 3 aromatic rings. The molecule has 0 bridgehead atoms. The number of guanidine groups is 1. The zero-order valence-corrected chi connectivity index (χ0v) is 17.9. The van der Waals surface area contributed by atoms with E-state index in [1.165, 1.54) is 36.9 Å². The summed E-state index contributed by atoms with van der Waals surface area (Å²) in [4.78, 5) is 16.0. The molecule has 160 valence electrons. The average molecular weight is 417 g/mol. The predicted molar refractivity (Wildman–Crippen MR) is 121 cm³/mol.